The average Bonchev–Trinajstić information content (AvgIpc) is 2.61. The van der Waals surface area contributed by atoms with Gasteiger partial charge < -0.3 is 15.0 Å². The summed E-state index contributed by atoms with van der Waals surface area (Å²) in [4.78, 5) is 14.1. The number of para-hydroxylation sites is 1. The molecule has 0 unspecified atom stereocenters. The van der Waals surface area contributed by atoms with Crippen molar-refractivity contribution in [2.24, 2.45) is 0 Å². The van der Waals surface area contributed by atoms with E-state index in [1.807, 2.05) is 41.3 Å². The van der Waals surface area contributed by atoms with Crippen LogP contribution in [0.4, 0.5) is 4.79 Å². The maximum absolute atomic E-state index is 12.2. The molecule has 3 rings (SSSR count). The maximum atomic E-state index is 12.2. The van der Waals surface area contributed by atoms with Crippen LogP contribution in [0.25, 0.3) is 0 Å². The van der Waals surface area contributed by atoms with E-state index in [1.165, 1.54) is 11.1 Å². The molecule has 0 aliphatic carbocycles. The first kappa shape index (κ1) is 15.4. The first-order chi connectivity index (χ1) is 11.3. The zero-order valence-electron chi connectivity index (χ0n) is 13.2. The van der Waals surface area contributed by atoms with E-state index in [0.29, 0.717) is 19.7 Å². The molecule has 2 aromatic carbocycles. The topological polar surface area (TPSA) is 41.6 Å². The number of urea groups is 1. The summed E-state index contributed by atoms with van der Waals surface area (Å²) in [5, 5.41) is 2.98. The number of hydrogen-bond acceptors (Lipinski definition) is 2. The molecular weight excluding hydrogens is 288 g/mol. The molecule has 0 saturated carbocycles. The fraction of sp³-hybridized carbons (Fsp3) is 0.316. The van der Waals surface area contributed by atoms with Crippen molar-refractivity contribution in [1.29, 1.82) is 0 Å². The van der Waals surface area contributed by atoms with E-state index >= 15 is 0 Å². The SMILES string of the molecule is O=C(NCCCOc1ccccc1)N1CCc2ccccc2C1. The fourth-order valence-electron chi connectivity index (χ4n) is 2.76. The Balaban J connectivity index is 1.37. The average molecular weight is 310 g/mol. The number of carbonyl (C=O) groups is 1. The minimum absolute atomic E-state index is 0.0132. The molecule has 0 aromatic heterocycles. The lowest BCUT2D eigenvalue weighted by atomic mass is 10.0. The number of fused-ring (bicyclic) bond motifs is 1. The van der Waals surface area contributed by atoms with E-state index in [1.54, 1.807) is 0 Å². The van der Waals surface area contributed by atoms with Crippen LogP contribution in [0.15, 0.2) is 54.6 Å². The minimum Gasteiger partial charge on any atom is -0.494 e. The summed E-state index contributed by atoms with van der Waals surface area (Å²) in [7, 11) is 0. The summed E-state index contributed by atoms with van der Waals surface area (Å²) in [6.07, 6.45) is 1.73. The van der Waals surface area contributed by atoms with Crippen molar-refractivity contribution in [2.75, 3.05) is 19.7 Å². The molecule has 1 aliphatic rings. The summed E-state index contributed by atoms with van der Waals surface area (Å²) in [6.45, 7) is 2.71. The highest BCUT2D eigenvalue weighted by atomic mass is 16.5. The van der Waals surface area contributed by atoms with Crippen molar-refractivity contribution in [3.63, 3.8) is 0 Å². The Morgan fingerprint density at radius 1 is 1.04 bits per heavy atom. The Hall–Kier alpha value is -2.49. The van der Waals surface area contributed by atoms with Crippen molar-refractivity contribution < 1.29 is 9.53 Å². The second-order valence-corrected chi connectivity index (χ2v) is 5.69. The zero-order valence-corrected chi connectivity index (χ0v) is 13.2. The zero-order chi connectivity index (χ0) is 15.9. The molecular formula is C19H22N2O2. The second kappa shape index (κ2) is 7.68. The van der Waals surface area contributed by atoms with Crippen LogP contribution in [0.5, 0.6) is 5.75 Å². The van der Waals surface area contributed by atoms with Gasteiger partial charge in [0.15, 0.2) is 0 Å². The van der Waals surface area contributed by atoms with Crippen LogP contribution in [0.3, 0.4) is 0 Å². The summed E-state index contributed by atoms with van der Waals surface area (Å²) in [5.74, 6) is 0.867. The molecule has 1 aliphatic heterocycles. The third-order valence-corrected chi connectivity index (χ3v) is 4.03. The molecule has 0 saturated heterocycles. The first-order valence-corrected chi connectivity index (χ1v) is 8.10. The van der Waals surface area contributed by atoms with Crippen molar-refractivity contribution in [3.05, 3.63) is 65.7 Å². The van der Waals surface area contributed by atoms with Crippen LogP contribution in [0, 0.1) is 0 Å². The number of amides is 2. The monoisotopic (exact) mass is 310 g/mol. The van der Waals surface area contributed by atoms with Gasteiger partial charge in [0.1, 0.15) is 5.75 Å². The van der Waals surface area contributed by atoms with Gasteiger partial charge in [-0.05, 0) is 36.1 Å². The Morgan fingerprint density at radius 3 is 2.61 bits per heavy atom. The van der Waals surface area contributed by atoms with Gasteiger partial charge in [-0.1, -0.05) is 42.5 Å². The lowest BCUT2D eigenvalue weighted by Gasteiger charge is -2.28. The summed E-state index contributed by atoms with van der Waals surface area (Å²) in [5.41, 5.74) is 2.61. The molecule has 23 heavy (non-hydrogen) atoms. The number of nitrogens with one attached hydrogen (secondary N) is 1. The minimum atomic E-state index is 0.0132. The number of rotatable bonds is 5. The third kappa shape index (κ3) is 4.25. The molecule has 4 nitrogen and oxygen atoms in total. The lowest BCUT2D eigenvalue weighted by molar-refractivity contribution is 0.191. The Morgan fingerprint density at radius 2 is 1.78 bits per heavy atom. The molecule has 1 heterocycles. The van der Waals surface area contributed by atoms with Crippen LogP contribution >= 0.6 is 0 Å². The Kier molecular flexibility index (Phi) is 5.14. The van der Waals surface area contributed by atoms with Crippen molar-refractivity contribution in [1.82, 2.24) is 10.2 Å². The predicted octanol–water partition coefficient (Wildman–Crippen LogP) is 3.22. The molecule has 4 heteroatoms. The standard InChI is InChI=1S/C19H22N2O2/c22-19(20-12-6-14-23-18-9-2-1-3-10-18)21-13-11-16-7-4-5-8-17(16)15-21/h1-5,7-10H,6,11-15H2,(H,20,22). The molecule has 0 radical (unpaired) electrons. The molecule has 0 bridgehead atoms. The highest BCUT2D eigenvalue weighted by molar-refractivity contribution is 5.74. The fourth-order valence-corrected chi connectivity index (χ4v) is 2.76. The molecule has 0 atom stereocenters. The van der Waals surface area contributed by atoms with Gasteiger partial charge >= 0.3 is 6.03 Å². The summed E-state index contributed by atoms with van der Waals surface area (Å²) >= 11 is 0. The van der Waals surface area contributed by atoms with Gasteiger partial charge in [-0.15, -0.1) is 0 Å². The number of ether oxygens (including phenoxy) is 1. The quantitative estimate of drug-likeness (QED) is 0.862. The van der Waals surface area contributed by atoms with E-state index < -0.39 is 0 Å². The van der Waals surface area contributed by atoms with Gasteiger partial charge in [0.05, 0.1) is 6.61 Å². The summed E-state index contributed by atoms with van der Waals surface area (Å²) < 4.78 is 5.61. The van der Waals surface area contributed by atoms with Gasteiger partial charge in [0, 0.05) is 19.6 Å². The number of hydrogen-bond donors (Lipinski definition) is 1. The molecule has 2 amide bonds. The normalized spacial score (nSPS) is 13.3. The predicted molar refractivity (Wildman–Crippen MR) is 90.5 cm³/mol. The van der Waals surface area contributed by atoms with Crippen LogP contribution < -0.4 is 10.1 Å². The van der Waals surface area contributed by atoms with Gasteiger partial charge in [0.25, 0.3) is 0 Å². The van der Waals surface area contributed by atoms with Gasteiger partial charge in [-0.3, -0.25) is 0 Å². The summed E-state index contributed by atoms with van der Waals surface area (Å²) in [6, 6.07) is 18.1. The van der Waals surface area contributed by atoms with Crippen LogP contribution in [0.1, 0.15) is 17.5 Å². The third-order valence-electron chi connectivity index (χ3n) is 4.03. The molecule has 1 N–H and O–H groups in total. The molecule has 120 valence electrons. The molecule has 0 fully saturated rings. The van der Waals surface area contributed by atoms with Gasteiger partial charge in [-0.2, -0.15) is 0 Å². The lowest BCUT2D eigenvalue weighted by Crippen LogP contribution is -2.43. The number of benzene rings is 2. The van der Waals surface area contributed by atoms with Crippen molar-refractivity contribution >= 4 is 6.03 Å². The van der Waals surface area contributed by atoms with E-state index in [-0.39, 0.29) is 6.03 Å². The first-order valence-electron chi connectivity index (χ1n) is 8.10. The molecule has 0 spiro atoms. The second-order valence-electron chi connectivity index (χ2n) is 5.69. The number of nitrogens with zero attached hydrogens (tertiary/aromatic N) is 1. The Labute approximate surface area is 137 Å². The van der Waals surface area contributed by atoms with E-state index in [2.05, 4.69) is 23.5 Å². The van der Waals surface area contributed by atoms with E-state index in [0.717, 1.165) is 25.1 Å². The molecule has 2 aromatic rings. The van der Waals surface area contributed by atoms with Crippen molar-refractivity contribution in [3.8, 4) is 5.75 Å². The number of carbonyl (C=O) groups excluding carboxylic acids is 1. The van der Waals surface area contributed by atoms with Gasteiger partial charge in [0.2, 0.25) is 0 Å². The van der Waals surface area contributed by atoms with E-state index in [4.69, 9.17) is 4.74 Å². The highest BCUT2D eigenvalue weighted by Crippen LogP contribution is 2.18. The Bertz CT molecular complexity index is 643. The van der Waals surface area contributed by atoms with E-state index in [9.17, 15) is 4.79 Å². The smallest absolute Gasteiger partial charge is 0.317 e. The largest absolute Gasteiger partial charge is 0.494 e. The highest BCUT2D eigenvalue weighted by Gasteiger charge is 2.19. The maximum Gasteiger partial charge on any atom is 0.317 e. The van der Waals surface area contributed by atoms with Gasteiger partial charge in [-0.25, -0.2) is 4.79 Å². The van der Waals surface area contributed by atoms with Crippen molar-refractivity contribution in [2.45, 2.75) is 19.4 Å². The van der Waals surface area contributed by atoms with Crippen LogP contribution in [0.2, 0.25) is 0 Å². The van der Waals surface area contributed by atoms with Crippen LogP contribution in [-0.4, -0.2) is 30.6 Å². The van der Waals surface area contributed by atoms with Crippen LogP contribution in [-0.2, 0) is 13.0 Å².